The Morgan fingerprint density at radius 3 is 2.48 bits per heavy atom. The first-order chi connectivity index (χ1) is 11.1. The number of terminal acetylenes is 2. The summed E-state index contributed by atoms with van der Waals surface area (Å²) in [5.74, 6) is 6.56. The van der Waals surface area contributed by atoms with Gasteiger partial charge in [-0.1, -0.05) is 0 Å². The van der Waals surface area contributed by atoms with Crippen molar-refractivity contribution in [2.45, 2.75) is 19.4 Å². The van der Waals surface area contributed by atoms with Crippen LogP contribution >= 0.6 is 0 Å². The summed E-state index contributed by atoms with van der Waals surface area (Å²) in [6, 6.07) is 3.59. The average molecular weight is 373 g/mol. The molecular formula is C17H14N2O3Se. The first kappa shape index (κ1) is 15.5. The van der Waals surface area contributed by atoms with Crippen LogP contribution in [0.3, 0.4) is 0 Å². The van der Waals surface area contributed by atoms with Crippen LogP contribution in [0, 0.1) is 24.7 Å². The summed E-state index contributed by atoms with van der Waals surface area (Å²) in [4.78, 5) is 0. The van der Waals surface area contributed by atoms with Crippen molar-refractivity contribution >= 4 is 14.7 Å². The number of rotatable bonds is 4. The van der Waals surface area contributed by atoms with Crippen molar-refractivity contribution in [1.82, 2.24) is 9.19 Å². The van der Waals surface area contributed by atoms with E-state index < -0.39 is 5.60 Å². The molecule has 2 heterocycles. The van der Waals surface area contributed by atoms with Crippen molar-refractivity contribution in [2.24, 2.45) is 0 Å². The third-order valence-corrected chi connectivity index (χ3v) is 5.49. The molecule has 116 valence electrons. The van der Waals surface area contributed by atoms with E-state index in [1.54, 1.807) is 6.07 Å². The van der Waals surface area contributed by atoms with E-state index in [4.69, 9.17) is 27.1 Å². The minimum atomic E-state index is -0.448. The number of benzene rings is 1. The molecule has 3 rings (SSSR count). The van der Waals surface area contributed by atoms with Gasteiger partial charge >= 0.3 is 141 Å². The van der Waals surface area contributed by atoms with E-state index in [0.29, 0.717) is 17.2 Å². The van der Waals surface area contributed by atoms with Crippen LogP contribution in [-0.2, 0) is 5.60 Å². The second-order valence-corrected chi connectivity index (χ2v) is 6.93. The van der Waals surface area contributed by atoms with Gasteiger partial charge in [0.2, 0.25) is 0 Å². The second-order valence-electron chi connectivity index (χ2n) is 5.34. The fraction of sp³-hybridized carbons (Fsp3) is 0.294. The van der Waals surface area contributed by atoms with Gasteiger partial charge in [-0.2, -0.15) is 0 Å². The monoisotopic (exact) mass is 374 g/mol. The van der Waals surface area contributed by atoms with Crippen molar-refractivity contribution in [3.63, 3.8) is 0 Å². The van der Waals surface area contributed by atoms with Gasteiger partial charge in [0.25, 0.3) is 0 Å². The fourth-order valence-electron chi connectivity index (χ4n) is 2.36. The van der Waals surface area contributed by atoms with Gasteiger partial charge in [0.05, 0.1) is 0 Å². The van der Waals surface area contributed by atoms with Crippen molar-refractivity contribution in [3.05, 3.63) is 16.6 Å². The van der Waals surface area contributed by atoms with Gasteiger partial charge in [0.1, 0.15) is 0 Å². The zero-order chi connectivity index (χ0) is 16.4. The molecule has 0 atom stereocenters. The predicted molar refractivity (Wildman–Crippen MR) is 86.7 cm³/mol. The summed E-state index contributed by atoms with van der Waals surface area (Å²) in [6.45, 7) is 4.28. The normalized spacial score (nSPS) is 13.7. The molecule has 1 aromatic heterocycles. The van der Waals surface area contributed by atoms with Gasteiger partial charge in [-0.25, -0.2) is 0 Å². The predicted octanol–water partition coefficient (Wildman–Crippen LogP) is 1.85. The zero-order valence-corrected chi connectivity index (χ0v) is 14.5. The second kappa shape index (κ2) is 6.01. The third kappa shape index (κ3) is 2.80. The van der Waals surface area contributed by atoms with Crippen molar-refractivity contribution in [3.8, 4) is 53.2 Å². The van der Waals surface area contributed by atoms with E-state index >= 15 is 0 Å². The molecule has 1 aromatic carbocycles. The Morgan fingerprint density at radius 2 is 1.83 bits per heavy atom. The standard InChI is InChI=1S/C17H14N2O3Se/c1-5-7-20-13-9-11-12(10-14(13)21-8-6-2)22-17(3,4)16-15(11)18-19-23-16/h1-2,9-10H,7-8H2,3-4H3. The Balaban J connectivity index is 2.11. The first-order valence-electron chi connectivity index (χ1n) is 6.89. The van der Waals surface area contributed by atoms with Crippen LogP contribution in [0.5, 0.6) is 17.2 Å². The molecule has 0 aliphatic carbocycles. The van der Waals surface area contributed by atoms with Gasteiger partial charge in [-0.05, 0) is 0 Å². The summed E-state index contributed by atoms with van der Waals surface area (Å²) >= 11 is -0.0466. The summed E-state index contributed by atoms with van der Waals surface area (Å²) in [7, 11) is 0. The zero-order valence-electron chi connectivity index (χ0n) is 12.8. The van der Waals surface area contributed by atoms with Crippen LogP contribution in [-0.4, -0.2) is 37.1 Å². The van der Waals surface area contributed by atoms with Crippen LogP contribution in [0.15, 0.2) is 12.1 Å². The molecule has 1 aliphatic rings. The Kier molecular flexibility index (Phi) is 4.05. The minimum absolute atomic E-state index is 0.0466. The molecular weight excluding hydrogens is 359 g/mol. The van der Waals surface area contributed by atoms with Crippen LogP contribution < -0.4 is 14.2 Å². The number of nitrogens with zero attached hydrogens (tertiary/aromatic N) is 2. The molecule has 6 heteroatoms. The number of hydrogen-bond acceptors (Lipinski definition) is 5. The Bertz CT molecular complexity index is 827. The van der Waals surface area contributed by atoms with Crippen LogP contribution in [0.2, 0.25) is 0 Å². The number of aromatic nitrogens is 2. The maximum absolute atomic E-state index is 6.12. The van der Waals surface area contributed by atoms with Crippen molar-refractivity contribution in [2.75, 3.05) is 13.2 Å². The van der Waals surface area contributed by atoms with E-state index in [-0.39, 0.29) is 27.9 Å². The van der Waals surface area contributed by atoms with Crippen LogP contribution in [0.1, 0.15) is 18.3 Å². The van der Waals surface area contributed by atoms with Gasteiger partial charge in [0, 0.05) is 0 Å². The molecule has 0 saturated carbocycles. The summed E-state index contributed by atoms with van der Waals surface area (Å²) in [5, 5.41) is 4.29. The first-order valence-corrected chi connectivity index (χ1v) is 8.52. The molecule has 0 unspecified atom stereocenters. The van der Waals surface area contributed by atoms with Crippen LogP contribution in [0.4, 0.5) is 0 Å². The van der Waals surface area contributed by atoms with Gasteiger partial charge in [0.15, 0.2) is 0 Å². The number of ether oxygens (including phenoxy) is 3. The Morgan fingerprint density at radius 1 is 1.17 bits per heavy atom. The SMILES string of the molecule is C#CCOc1cc2c(cc1OCC#C)-c1nn[se]c1C(C)(C)O2. The summed E-state index contributed by atoms with van der Waals surface area (Å²) in [5.41, 5.74) is 1.24. The van der Waals surface area contributed by atoms with E-state index in [9.17, 15) is 0 Å². The van der Waals surface area contributed by atoms with Gasteiger partial charge in [-0.15, -0.1) is 0 Å². The Labute approximate surface area is 140 Å². The average Bonchev–Trinajstić information content (AvgIpc) is 3.01. The van der Waals surface area contributed by atoms with Crippen LogP contribution in [0.25, 0.3) is 11.3 Å². The number of fused-ring (bicyclic) bond motifs is 3. The summed E-state index contributed by atoms with van der Waals surface area (Å²) < 4.78 is 22.5. The third-order valence-electron chi connectivity index (χ3n) is 3.32. The molecule has 23 heavy (non-hydrogen) atoms. The van der Waals surface area contributed by atoms with E-state index in [1.165, 1.54) is 0 Å². The molecule has 2 aromatic rings. The topological polar surface area (TPSA) is 53.5 Å². The van der Waals surface area contributed by atoms with Crippen molar-refractivity contribution < 1.29 is 14.2 Å². The number of hydrogen-bond donors (Lipinski definition) is 0. The molecule has 0 spiro atoms. The quantitative estimate of drug-likeness (QED) is 0.605. The molecule has 1 aliphatic heterocycles. The molecule has 0 amide bonds. The van der Waals surface area contributed by atoms with E-state index in [2.05, 4.69) is 21.0 Å². The van der Waals surface area contributed by atoms with E-state index in [1.807, 2.05) is 19.9 Å². The summed E-state index contributed by atoms with van der Waals surface area (Å²) in [6.07, 6.45) is 10.5. The van der Waals surface area contributed by atoms with Crippen molar-refractivity contribution in [1.29, 1.82) is 0 Å². The van der Waals surface area contributed by atoms with E-state index in [0.717, 1.165) is 15.7 Å². The molecule has 0 fully saturated rings. The van der Waals surface area contributed by atoms with Gasteiger partial charge in [-0.3, -0.25) is 0 Å². The molecule has 0 bridgehead atoms. The maximum atomic E-state index is 6.12. The molecule has 0 N–H and O–H groups in total. The van der Waals surface area contributed by atoms with Gasteiger partial charge < -0.3 is 0 Å². The molecule has 0 saturated heterocycles. The molecule has 0 radical (unpaired) electrons. The molecule has 5 nitrogen and oxygen atoms in total. The fourth-order valence-corrected chi connectivity index (χ4v) is 3.83. The Hall–Kier alpha value is -2.40.